The molecule has 0 aromatic carbocycles. The lowest BCUT2D eigenvalue weighted by Crippen LogP contribution is -2.29. The average Bonchev–Trinajstić information content (AvgIpc) is 3.22. The summed E-state index contributed by atoms with van der Waals surface area (Å²) < 4.78 is 32.6. The molecule has 3 atom stereocenters. The Morgan fingerprint density at radius 2 is 0.966 bits per heavy atom. The Balaban J connectivity index is 4.32. The number of aliphatic hydroxyl groups is 2. The molecule has 0 bridgehead atoms. The second-order valence-corrected chi connectivity index (χ2v) is 15.5. The molecule has 0 aliphatic rings. The first-order valence-corrected chi connectivity index (χ1v) is 23.4. The number of aliphatic hydroxyl groups excluding tert-OH is 2. The molecular weight excluding hydrogens is 767 g/mol. The van der Waals surface area contributed by atoms with E-state index in [0.717, 1.165) is 89.9 Å². The van der Waals surface area contributed by atoms with Gasteiger partial charge in [0.05, 0.1) is 19.8 Å². The van der Waals surface area contributed by atoms with Crippen LogP contribution in [0.5, 0.6) is 0 Å². The molecule has 0 fully saturated rings. The van der Waals surface area contributed by atoms with Gasteiger partial charge in [0.15, 0.2) is 6.10 Å². The predicted octanol–water partition coefficient (Wildman–Crippen LogP) is 11.8. The quantitative estimate of drug-likeness (QED) is 0.0179. The van der Waals surface area contributed by atoms with E-state index in [9.17, 15) is 24.2 Å². The summed E-state index contributed by atoms with van der Waals surface area (Å²) in [6, 6.07) is 0. The molecule has 3 N–H and O–H groups in total. The fourth-order valence-corrected chi connectivity index (χ4v) is 5.99. The summed E-state index contributed by atoms with van der Waals surface area (Å²) in [5.74, 6) is -0.996. The second-order valence-electron chi connectivity index (χ2n) is 14.0. The van der Waals surface area contributed by atoms with E-state index < -0.39 is 51.8 Å². The largest absolute Gasteiger partial charge is 0.472 e. The number of hydrogen-bond acceptors (Lipinski definition) is 9. The summed E-state index contributed by atoms with van der Waals surface area (Å²) in [4.78, 5) is 35.0. The third kappa shape index (κ3) is 42.6. The summed E-state index contributed by atoms with van der Waals surface area (Å²) in [7, 11) is -4.64. The van der Waals surface area contributed by atoms with Gasteiger partial charge >= 0.3 is 19.8 Å². The Morgan fingerprint density at radius 3 is 1.54 bits per heavy atom. The molecule has 0 aliphatic heterocycles. The van der Waals surface area contributed by atoms with E-state index in [1.807, 2.05) is 36.5 Å². The molecule has 0 radical (unpaired) electrons. The number of unbranched alkanes of at least 4 members (excludes halogenated alkanes) is 10. The second kappa shape index (κ2) is 42.7. The zero-order chi connectivity index (χ0) is 43.3. The van der Waals surface area contributed by atoms with E-state index in [0.29, 0.717) is 12.8 Å². The van der Waals surface area contributed by atoms with Gasteiger partial charge in [-0.3, -0.25) is 18.6 Å². The molecular formula is C48H77O10P. The van der Waals surface area contributed by atoms with Crippen LogP contribution in [0.25, 0.3) is 0 Å². The van der Waals surface area contributed by atoms with Crippen molar-refractivity contribution in [3.63, 3.8) is 0 Å². The fourth-order valence-electron chi connectivity index (χ4n) is 5.20. The summed E-state index contributed by atoms with van der Waals surface area (Å²) in [5, 5.41) is 18.3. The SMILES string of the molecule is CC/C=C/C=C/C=C/C=C/CCCCCC(=O)OC(COC(=O)CCCCCCCCC/C=C/C/C=C/C/C=C/C/C=C/C/C=C/CC)COP(=O)(O)OC[C@H](O)CO. The first kappa shape index (κ1) is 55.6. The maximum atomic E-state index is 12.6. The molecule has 0 saturated heterocycles. The molecule has 0 heterocycles. The van der Waals surface area contributed by atoms with Crippen molar-refractivity contribution in [2.45, 2.75) is 154 Å². The highest BCUT2D eigenvalue weighted by molar-refractivity contribution is 7.47. The van der Waals surface area contributed by atoms with Gasteiger partial charge in [-0.1, -0.05) is 162 Å². The zero-order valence-electron chi connectivity index (χ0n) is 36.2. The van der Waals surface area contributed by atoms with Crippen LogP contribution in [-0.4, -0.2) is 65.7 Å². The number of ether oxygens (including phenoxy) is 2. The molecule has 0 aromatic rings. The van der Waals surface area contributed by atoms with Crippen molar-refractivity contribution in [2.24, 2.45) is 0 Å². The lowest BCUT2D eigenvalue weighted by Gasteiger charge is -2.20. The Morgan fingerprint density at radius 1 is 0.525 bits per heavy atom. The van der Waals surface area contributed by atoms with Gasteiger partial charge in [0.2, 0.25) is 0 Å². The first-order valence-electron chi connectivity index (χ1n) is 21.9. The molecule has 11 heteroatoms. The van der Waals surface area contributed by atoms with Gasteiger partial charge in [0.1, 0.15) is 12.7 Å². The van der Waals surface area contributed by atoms with E-state index in [4.69, 9.17) is 19.1 Å². The van der Waals surface area contributed by atoms with Crippen LogP contribution in [0.4, 0.5) is 0 Å². The van der Waals surface area contributed by atoms with Crippen LogP contribution in [0, 0.1) is 0 Å². The van der Waals surface area contributed by atoms with E-state index in [1.54, 1.807) is 0 Å². The van der Waals surface area contributed by atoms with E-state index in [1.165, 1.54) is 12.8 Å². The Kier molecular flexibility index (Phi) is 40.3. The Labute approximate surface area is 356 Å². The van der Waals surface area contributed by atoms with Crippen LogP contribution >= 0.6 is 7.82 Å². The molecule has 0 aromatic heterocycles. The van der Waals surface area contributed by atoms with Crippen LogP contribution in [0.3, 0.4) is 0 Å². The number of rotatable bonds is 39. The first-order chi connectivity index (χ1) is 28.7. The van der Waals surface area contributed by atoms with Crippen LogP contribution in [0.15, 0.2) is 109 Å². The van der Waals surface area contributed by atoms with Crippen molar-refractivity contribution in [3.05, 3.63) is 109 Å². The van der Waals surface area contributed by atoms with E-state index >= 15 is 0 Å². The van der Waals surface area contributed by atoms with Gasteiger partial charge in [-0.2, -0.15) is 0 Å². The smallest absolute Gasteiger partial charge is 0.462 e. The average molecular weight is 845 g/mol. The van der Waals surface area contributed by atoms with Crippen LogP contribution in [0.2, 0.25) is 0 Å². The van der Waals surface area contributed by atoms with Crippen molar-refractivity contribution in [1.82, 2.24) is 0 Å². The van der Waals surface area contributed by atoms with Gasteiger partial charge < -0.3 is 24.6 Å². The molecule has 0 saturated carbocycles. The highest BCUT2D eigenvalue weighted by Crippen LogP contribution is 2.43. The number of carbonyl (C=O) groups is 2. The Hall–Kier alpha value is -3.37. The summed E-state index contributed by atoms with van der Waals surface area (Å²) in [6.45, 7) is 2.03. The molecule has 0 spiro atoms. The van der Waals surface area contributed by atoms with Gasteiger partial charge in [0.25, 0.3) is 0 Å². The maximum Gasteiger partial charge on any atom is 0.472 e. The lowest BCUT2D eigenvalue weighted by atomic mass is 10.1. The molecule has 334 valence electrons. The summed E-state index contributed by atoms with van der Waals surface area (Å²) >= 11 is 0. The van der Waals surface area contributed by atoms with Crippen LogP contribution in [-0.2, 0) is 32.7 Å². The molecule has 0 aliphatic carbocycles. The van der Waals surface area contributed by atoms with Crippen molar-refractivity contribution in [2.75, 3.05) is 26.4 Å². The number of phosphoric acid groups is 1. The number of allylic oxidation sites excluding steroid dienone is 18. The monoisotopic (exact) mass is 845 g/mol. The molecule has 2 unspecified atom stereocenters. The predicted molar refractivity (Wildman–Crippen MR) is 242 cm³/mol. The standard InChI is InChI=1S/C48H77O10P/c1-3-5-7-9-11-13-15-17-18-19-20-21-22-23-24-25-26-28-29-31-33-35-37-39-47(51)55-43-46(44-57-59(53,54)56-42-45(50)41-49)58-48(52)40-38-36-34-32-30-27-16-14-12-10-8-6-4-2/h5-8,10-14,16-18,20-21,23-24,27,30,45-46,49-50H,3-4,9,15,19,22,25-26,28-29,31-44H2,1-2H3,(H,53,54)/b7-5+,8-6+,12-10+,13-11+,16-14+,18-17+,21-20+,24-23+,30-27+/t45-,46?/m1/s1. The van der Waals surface area contributed by atoms with Crippen molar-refractivity contribution >= 4 is 19.8 Å². The minimum atomic E-state index is -4.64. The van der Waals surface area contributed by atoms with Crippen molar-refractivity contribution in [3.8, 4) is 0 Å². The van der Waals surface area contributed by atoms with Gasteiger partial charge in [-0.15, -0.1) is 0 Å². The van der Waals surface area contributed by atoms with Crippen LogP contribution < -0.4 is 0 Å². The normalized spacial score (nSPS) is 14.9. The highest BCUT2D eigenvalue weighted by atomic mass is 31.2. The van der Waals surface area contributed by atoms with Crippen LogP contribution in [0.1, 0.15) is 142 Å². The number of esters is 2. The van der Waals surface area contributed by atoms with Crippen molar-refractivity contribution in [1.29, 1.82) is 0 Å². The summed E-state index contributed by atoms with van der Waals surface area (Å²) in [6.07, 6.45) is 53.5. The number of hydrogen-bond donors (Lipinski definition) is 3. The van der Waals surface area contributed by atoms with Gasteiger partial charge in [-0.25, -0.2) is 4.57 Å². The minimum Gasteiger partial charge on any atom is -0.462 e. The summed E-state index contributed by atoms with van der Waals surface area (Å²) in [5.41, 5.74) is 0. The molecule has 10 nitrogen and oxygen atoms in total. The van der Waals surface area contributed by atoms with E-state index in [-0.39, 0.29) is 19.4 Å². The minimum absolute atomic E-state index is 0.128. The third-order valence-corrected chi connectivity index (χ3v) is 9.47. The Bertz CT molecular complexity index is 1340. The lowest BCUT2D eigenvalue weighted by molar-refractivity contribution is -0.161. The zero-order valence-corrected chi connectivity index (χ0v) is 37.1. The van der Waals surface area contributed by atoms with Gasteiger partial charge in [-0.05, 0) is 77.0 Å². The number of carbonyl (C=O) groups excluding carboxylic acids is 2. The fraction of sp³-hybridized carbons (Fsp3) is 0.583. The van der Waals surface area contributed by atoms with E-state index in [2.05, 4.69) is 91.3 Å². The van der Waals surface area contributed by atoms with Crippen molar-refractivity contribution < 1.29 is 47.8 Å². The van der Waals surface area contributed by atoms with Gasteiger partial charge in [0, 0.05) is 12.8 Å². The highest BCUT2D eigenvalue weighted by Gasteiger charge is 2.27. The topological polar surface area (TPSA) is 149 Å². The molecule has 0 rings (SSSR count). The number of phosphoric ester groups is 1. The molecule has 0 amide bonds. The third-order valence-electron chi connectivity index (χ3n) is 8.52. The maximum absolute atomic E-state index is 12.6. The molecule has 59 heavy (non-hydrogen) atoms.